The van der Waals surface area contributed by atoms with Crippen LogP contribution in [0.25, 0.3) is 32.9 Å². The molecule has 4 fully saturated rings. The van der Waals surface area contributed by atoms with Crippen LogP contribution in [-0.2, 0) is 9.47 Å². The fourth-order valence-corrected chi connectivity index (χ4v) is 7.87. The summed E-state index contributed by atoms with van der Waals surface area (Å²) >= 11 is 0. The van der Waals surface area contributed by atoms with Crippen LogP contribution in [0.3, 0.4) is 0 Å². The number of likely N-dealkylation sites (tertiary alicyclic amines) is 1. The molecule has 10 nitrogen and oxygen atoms in total. The van der Waals surface area contributed by atoms with Gasteiger partial charge in [0, 0.05) is 44.0 Å². The van der Waals surface area contributed by atoms with E-state index in [1.54, 1.807) is 6.20 Å². The van der Waals surface area contributed by atoms with E-state index in [-0.39, 0.29) is 35.4 Å². The van der Waals surface area contributed by atoms with Crippen molar-refractivity contribution in [3.63, 3.8) is 0 Å². The van der Waals surface area contributed by atoms with Crippen LogP contribution in [0, 0.1) is 12.7 Å². The second-order valence-electron chi connectivity index (χ2n) is 14.4. The summed E-state index contributed by atoms with van der Waals surface area (Å²) in [5.74, 6) is 0.0718. The molecule has 1 amide bonds. The van der Waals surface area contributed by atoms with Crippen molar-refractivity contribution in [3.8, 4) is 17.3 Å². The van der Waals surface area contributed by atoms with Crippen molar-refractivity contribution < 1.29 is 23.4 Å². The highest BCUT2D eigenvalue weighted by molar-refractivity contribution is 5.99. The van der Waals surface area contributed by atoms with Gasteiger partial charge in [0.05, 0.1) is 30.2 Å². The zero-order valence-electron chi connectivity index (χ0n) is 27.4. The van der Waals surface area contributed by atoms with Crippen LogP contribution in [0.5, 0.6) is 6.01 Å². The Bertz CT molecular complexity index is 1850. The number of ether oxygens (including phenoxy) is 3. The minimum absolute atomic E-state index is 0.0403. The van der Waals surface area contributed by atoms with Gasteiger partial charge in [0.25, 0.3) is 0 Å². The van der Waals surface area contributed by atoms with Gasteiger partial charge >= 0.3 is 12.1 Å². The van der Waals surface area contributed by atoms with Gasteiger partial charge in [0.2, 0.25) is 0 Å². The molecule has 4 aliphatic heterocycles. The van der Waals surface area contributed by atoms with Gasteiger partial charge < -0.3 is 19.1 Å². The number of hydrogen-bond acceptors (Lipinski definition) is 9. The number of benzene rings is 2. The first-order valence-corrected chi connectivity index (χ1v) is 16.7. The van der Waals surface area contributed by atoms with Crippen LogP contribution >= 0.6 is 0 Å². The van der Waals surface area contributed by atoms with Crippen molar-refractivity contribution in [1.29, 1.82) is 0 Å². The maximum absolute atomic E-state index is 16.8. The van der Waals surface area contributed by atoms with E-state index >= 15 is 4.39 Å². The summed E-state index contributed by atoms with van der Waals surface area (Å²) in [5.41, 5.74) is 1.59. The molecule has 2 unspecified atom stereocenters. The molecule has 11 heteroatoms. The molecule has 47 heavy (non-hydrogen) atoms. The number of fused-ring (bicyclic) bond motifs is 6. The Labute approximate surface area is 273 Å². The molecule has 0 saturated carbocycles. The summed E-state index contributed by atoms with van der Waals surface area (Å²) in [6.45, 7) is 11.5. The van der Waals surface area contributed by atoms with E-state index < -0.39 is 11.4 Å². The highest BCUT2D eigenvalue weighted by atomic mass is 19.1. The minimum atomic E-state index is -0.575. The highest BCUT2D eigenvalue weighted by Gasteiger charge is 2.45. The van der Waals surface area contributed by atoms with Crippen molar-refractivity contribution in [2.75, 3.05) is 44.3 Å². The smallest absolute Gasteiger partial charge is 0.410 e. The molecule has 2 aromatic carbocycles. The lowest BCUT2D eigenvalue weighted by molar-refractivity contribution is 0.0122. The third kappa shape index (κ3) is 5.63. The van der Waals surface area contributed by atoms with Crippen molar-refractivity contribution >= 4 is 33.6 Å². The molecular weight excluding hydrogens is 599 g/mol. The Morgan fingerprint density at radius 1 is 1.04 bits per heavy atom. The van der Waals surface area contributed by atoms with Crippen LogP contribution in [0.1, 0.15) is 45.6 Å². The summed E-state index contributed by atoms with van der Waals surface area (Å²) in [6, 6.07) is 12.5. The summed E-state index contributed by atoms with van der Waals surface area (Å²) in [5, 5.41) is 2.47. The molecule has 0 aliphatic carbocycles. The van der Waals surface area contributed by atoms with E-state index in [1.165, 1.54) is 0 Å². The van der Waals surface area contributed by atoms with Gasteiger partial charge in [0.1, 0.15) is 29.2 Å². The zero-order valence-corrected chi connectivity index (χ0v) is 27.4. The average Bonchev–Trinajstić information content (AvgIpc) is 3.73. The lowest BCUT2D eigenvalue weighted by atomic mass is 9.98. The second-order valence-corrected chi connectivity index (χ2v) is 14.4. The number of carbonyl (C=O) groups excluding carboxylic acids is 1. The molecule has 0 radical (unpaired) electrons. The lowest BCUT2D eigenvalue weighted by Gasteiger charge is -2.42. The van der Waals surface area contributed by atoms with Gasteiger partial charge in [-0.1, -0.05) is 30.3 Å². The predicted octanol–water partition coefficient (Wildman–Crippen LogP) is 5.73. The van der Waals surface area contributed by atoms with E-state index in [9.17, 15) is 4.79 Å². The Hall–Kier alpha value is -4.09. The number of carbonyl (C=O) groups is 1. The standard InChI is InChI=1S/C36H41FN6O4/c1-21-13-22-7-5-6-8-27(22)28(14-21)31-30(37)32-29(16-38-31)33(40-34(39-32)45-12-11-41-19-26-15-25(41)20-46-26)42-17-23-9-10-24(18-42)43(23)35(44)47-36(2,3)4/h5-8,13-14,16,23-26H,9-12,15,17-20H2,1-4H3/t23?,24?,25-,26-/m0/s1. The van der Waals surface area contributed by atoms with E-state index in [0.29, 0.717) is 43.0 Å². The molecule has 0 spiro atoms. The molecule has 246 valence electrons. The fraction of sp³-hybridized carbons (Fsp3) is 0.500. The summed E-state index contributed by atoms with van der Waals surface area (Å²) < 4.78 is 34.5. The zero-order chi connectivity index (χ0) is 32.4. The Balaban J connectivity index is 1.15. The number of amides is 1. The number of rotatable bonds is 6. The van der Waals surface area contributed by atoms with E-state index in [2.05, 4.69) is 20.9 Å². The number of hydrogen-bond donors (Lipinski definition) is 0. The summed E-state index contributed by atoms with van der Waals surface area (Å²) in [4.78, 5) is 33.8. The molecular formula is C36H41FN6O4. The largest absolute Gasteiger partial charge is 0.462 e. The number of piperazine rings is 1. The third-order valence-electron chi connectivity index (χ3n) is 9.91. The molecule has 0 N–H and O–H groups in total. The molecule has 6 heterocycles. The number of aromatic nitrogens is 3. The monoisotopic (exact) mass is 640 g/mol. The van der Waals surface area contributed by atoms with E-state index in [0.717, 1.165) is 60.9 Å². The predicted molar refractivity (Wildman–Crippen MR) is 177 cm³/mol. The highest BCUT2D eigenvalue weighted by Crippen LogP contribution is 2.39. The SMILES string of the molecule is Cc1cc(-c2ncc3c(N4CC5CCC(C4)N5C(=O)OC(C)(C)C)nc(OCCN4C[C@@H]5C[C@H]4CO5)nc3c2F)c2ccccc2c1. The number of halogens is 1. The molecule has 8 rings (SSSR count). The Morgan fingerprint density at radius 3 is 2.55 bits per heavy atom. The van der Waals surface area contributed by atoms with Gasteiger partial charge in [-0.05, 0) is 69.4 Å². The molecule has 4 bridgehead atoms. The van der Waals surface area contributed by atoms with Gasteiger partial charge in [-0.3, -0.25) is 14.8 Å². The van der Waals surface area contributed by atoms with Crippen molar-refractivity contribution in [1.82, 2.24) is 24.8 Å². The van der Waals surface area contributed by atoms with Crippen molar-refractivity contribution in [2.45, 2.75) is 76.8 Å². The molecule has 4 atom stereocenters. The minimum Gasteiger partial charge on any atom is -0.462 e. The van der Waals surface area contributed by atoms with Crippen LogP contribution in [0.4, 0.5) is 15.0 Å². The molecule has 4 aliphatic rings. The lowest BCUT2D eigenvalue weighted by Crippen LogP contribution is -2.57. The van der Waals surface area contributed by atoms with Gasteiger partial charge in [0.15, 0.2) is 5.82 Å². The van der Waals surface area contributed by atoms with Crippen LogP contribution < -0.4 is 9.64 Å². The van der Waals surface area contributed by atoms with Crippen LogP contribution in [0.15, 0.2) is 42.6 Å². The topological polar surface area (TPSA) is 93.2 Å². The number of pyridine rings is 1. The average molecular weight is 641 g/mol. The van der Waals surface area contributed by atoms with Crippen molar-refractivity contribution in [3.05, 3.63) is 54.0 Å². The maximum Gasteiger partial charge on any atom is 0.410 e. The second kappa shape index (κ2) is 11.6. The first-order chi connectivity index (χ1) is 22.6. The number of nitrogens with zero attached hydrogens (tertiary/aromatic N) is 6. The Morgan fingerprint density at radius 2 is 1.83 bits per heavy atom. The van der Waals surface area contributed by atoms with Crippen molar-refractivity contribution in [2.24, 2.45) is 0 Å². The molecule has 2 aromatic heterocycles. The molecule has 4 saturated heterocycles. The number of anilines is 1. The summed E-state index contributed by atoms with van der Waals surface area (Å²) in [6.07, 6.45) is 4.49. The van der Waals surface area contributed by atoms with E-state index in [4.69, 9.17) is 24.2 Å². The van der Waals surface area contributed by atoms with Crippen LogP contribution in [0.2, 0.25) is 0 Å². The first-order valence-electron chi connectivity index (χ1n) is 16.7. The molecule has 4 aromatic rings. The first kappa shape index (κ1) is 30.3. The van der Waals surface area contributed by atoms with Crippen LogP contribution in [-0.4, -0.2) is 100 Å². The van der Waals surface area contributed by atoms with Gasteiger partial charge in [-0.25, -0.2) is 9.18 Å². The summed E-state index contributed by atoms with van der Waals surface area (Å²) in [7, 11) is 0. The number of aryl methyl sites for hydroxylation is 1. The number of morpholine rings is 1. The quantitative estimate of drug-likeness (QED) is 0.262. The maximum atomic E-state index is 16.8. The van der Waals surface area contributed by atoms with Gasteiger partial charge in [-0.2, -0.15) is 9.97 Å². The van der Waals surface area contributed by atoms with Gasteiger partial charge in [-0.15, -0.1) is 0 Å². The van der Waals surface area contributed by atoms with E-state index in [1.807, 2.05) is 62.9 Å². The third-order valence-corrected chi connectivity index (χ3v) is 9.91. The Kier molecular flexibility index (Phi) is 7.44. The fourth-order valence-electron chi connectivity index (χ4n) is 7.87. The normalized spacial score (nSPS) is 24.1.